The molecule has 1 aliphatic rings. The van der Waals surface area contributed by atoms with Crippen molar-refractivity contribution in [3.8, 4) is 107 Å². The first-order valence-corrected chi connectivity index (χ1v) is 20.9. The van der Waals surface area contributed by atoms with Crippen LogP contribution in [0.2, 0.25) is 0 Å². The number of aryl methyl sites for hydroxylation is 2. The minimum absolute atomic E-state index is 0.624. The van der Waals surface area contributed by atoms with Gasteiger partial charge in [-0.2, -0.15) is 5.26 Å². The van der Waals surface area contributed by atoms with Crippen LogP contribution in [-0.4, -0.2) is 15.0 Å². The Kier molecular flexibility index (Phi) is 8.95. The van der Waals surface area contributed by atoms with E-state index in [-0.39, 0.29) is 0 Å². The first kappa shape index (κ1) is 36.8. The maximum atomic E-state index is 10.5. The zero-order valence-electron chi connectivity index (χ0n) is 34.3. The van der Waals surface area contributed by atoms with E-state index in [1.807, 2.05) is 6.07 Å². The van der Waals surface area contributed by atoms with E-state index in [4.69, 9.17) is 15.0 Å². The molecule has 62 heavy (non-hydrogen) atoms. The van der Waals surface area contributed by atoms with Gasteiger partial charge in [-0.15, -0.1) is 0 Å². The molecular weight excluding hydrogens is 753 g/mol. The van der Waals surface area contributed by atoms with Gasteiger partial charge in [-0.1, -0.05) is 187 Å². The molecule has 0 fully saturated rings. The topological polar surface area (TPSA) is 62.5 Å². The molecule has 1 aromatic heterocycles. The number of rotatable bonds is 7. The Morgan fingerprint density at radius 1 is 0.323 bits per heavy atom. The van der Waals surface area contributed by atoms with Crippen LogP contribution in [0.25, 0.3) is 112 Å². The van der Waals surface area contributed by atoms with Gasteiger partial charge in [0.05, 0.1) is 11.6 Å². The van der Waals surface area contributed by atoms with Gasteiger partial charge in [-0.25, -0.2) is 15.0 Å². The third-order valence-corrected chi connectivity index (χ3v) is 12.1. The number of hydrogen-bond acceptors (Lipinski definition) is 4. The van der Waals surface area contributed by atoms with Gasteiger partial charge in [-0.3, -0.25) is 0 Å². The molecule has 0 aliphatic heterocycles. The van der Waals surface area contributed by atoms with Crippen LogP contribution in [0.1, 0.15) is 16.7 Å². The molecule has 0 atom stereocenters. The summed E-state index contributed by atoms with van der Waals surface area (Å²) in [5, 5.41) is 13.0. The summed E-state index contributed by atoms with van der Waals surface area (Å²) in [6, 6.07) is 70.6. The van der Waals surface area contributed by atoms with Crippen molar-refractivity contribution in [2.75, 3.05) is 0 Å². The number of benzene rings is 9. The Morgan fingerprint density at radius 2 is 0.726 bits per heavy atom. The lowest BCUT2D eigenvalue weighted by molar-refractivity contribution is 1.07. The molecular formula is C58H38N4. The summed E-state index contributed by atoms with van der Waals surface area (Å²) in [6.07, 6.45) is 0. The van der Waals surface area contributed by atoms with Crippen LogP contribution in [0.15, 0.2) is 194 Å². The van der Waals surface area contributed by atoms with E-state index in [2.05, 4.69) is 208 Å². The van der Waals surface area contributed by atoms with Crippen molar-refractivity contribution in [1.29, 1.82) is 5.26 Å². The van der Waals surface area contributed by atoms with E-state index in [1.54, 1.807) is 0 Å². The maximum absolute atomic E-state index is 10.5. The summed E-state index contributed by atoms with van der Waals surface area (Å²) in [5.74, 6) is 1.91. The van der Waals surface area contributed by atoms with Crippen molar-refractivity contribution in [3.05, 3.63) is 211 Å². The fourth-order valence-corrected chi connectivity index (χ4v) is 8.90. The van der Waals surface area contributed by atoms with Crippen molar-refractivity contribution in [2.24, 2.45) is 0 Å². The molecule has 0 N–H and O–H groups in total. The minimum Gasteiger partial charge on any atom is -0.208 e. The number of aromatic nitrogens is 3. The molecule has 11 rings (SSSR count). The van der Waals surface area contributed by atoms with Gasteiger partial charge in [0.2, 0.25) is 0 Å². The van der Waals surface area contributed by atoms with Gasteiger partial charge in [0.25, 0.3) is 0 Å². The Labute approximate surface area is 361 Å². The number of nitrogens with zero attached hydrogens (tertiary/aromatic N) is 4. The number of nitriles is 1. The van der Waals surface area contributed by atoms with Crippen LogP contribution in [0, 0.1) is 25.2 Å². The lowest BCUT2D eigenvalue weighted by atomic mass is 9.87. The maximum Gasteiger partial charge on any atom is 0.164 e. The lowest BCUT2D eigenvalue weighted by Crippen LogP contribution is -2.00. The average molecular weight is 791 g/mol. The molecule has 0 radical (unpaired) electrons. The molecule has 4 heteroatoms. The van der Waals surface area contributed by atoms with E-state index in [9.17, 15) is 5.26 Å². The molecule has 0 unspecified atom stereocenters. The summed E-state index contributed by atoms with van der Waals surface area (Å²) in [7, 11) is 0. The lowest BCUT2D eigenvalue weighted by Gasteiger charge is -2.16. The van der Waals surface area contributed by atoms with Crippen molar-refractivity contribution in [3.63, 3.8) is 0 Å². The van der Waals surface area contributed by atoms with Crippen molar-refractivity contribution in [2.45, 2.75) is 13.8 Å². The molecule has 1 heterocycles. The highest BCUT2D eigenvalue weighted by molar-refractivity contribution is 6.19. The fourth-order valence-electron chi connectivity index (χ4n) is 8.90. The van der Waals surface area contributed by atoms with E-state index < -0.39 is 0 Å². The predicted octanol–water partition coefficient (Wildman–Crippen LogP) is 14.8. The van der Waals surface area contributed by atoms with Gasteiger partial charge in [0, 0.05) is 22.3 Å². The molecule has 0 amide bonds. The summed E-state index contributed by atoms with van der Waals surface area (Å²) >= 11 is 0. The monoisotopic (exact) mass is 790 g/mol. The van der Waals surface area contributed by atoms with Gasteiger partial charge in [0.15, 0.2) is 17.5 Å². The molecule has 10 aromatic rings. The zero-order chi connectivity index (χ0) is 41.7. The van der Waals surface area contributed by atoms with Crippen molar-refractivity contribution >= 4 is 10.8 Å². The highest BCUT2D eigenvalue weighted by atomic mass is 15.0. The molecule has 0 spiro atoms. The Hall–Kier alpha value is -8.26. The first-order valence-electron chi connectivity index (χ1n) is 20.9. The number of hydrogen-bond donors (Lipinski definition) is 0. The highest BCUT2D eigenvalue weighted by Crippen LogP contribution is 2.50. The predicted molar refractivity (Wildman–Crippen MR) is 254 cm³/mol. The van der Waals surface area contributed by atoms with Crippen LogP contribution >= 0.6 is 0 Å². The zero-order valence-corrected chi connectivity index (χ0v) is 34.3. The second-order valence-electron chi connectivity index (χ2n) is 16.0. The minimum atomic E-state index is 0.624. The molecule has 9 aromatic carbocycles. The Balaban J connectivity index is 0.945. The average Bonchev–Trinajstić information content (AvgIpc) is 3.66. The van der Waals surface area contributed by atoms with Gasteiger partial charge in [0.1, 0.15) is 0 Å². The highest BCUT2D eigenvalue weighted by Gasteiger charge is 2.23. The fraction of sp³-hybridized carbons (Fsp3) is 0.0345. The van der Waals surface area contributed by atoms with Gasteiger partial charge in [-0.05, 0) is 104 Å². The van der Waals surface area contributed by atoms with E-state index in [0.29, 0.717) is 23.0 Å². The van der Waals surface area contributed by atoms with Crippen LogP contribution in [0.5, 0.6) is 0 Å². The Morgan fingerprint density at radius 3 is 1.29 bits per heavy atom. The third-order valence-electron chi connectivity index (χ3n) is 12.1. The van der Waals surface area contributed by atoms with Crippen molar-refractivity contribution in [1.82, 2.24) is 15.0 Å². The van der Waals surface area contributed by atoms with E-state index in [1.165, 1.54) is 44.2 Å². The summed E-state index contributed by atoms with van der Waals surface area (Å²) < 4.78 is 0. The second-order valence-corrected chi connectivity index (χ2v) is 16.0. The first-order chi connectivity index (χ1) is 30.5. The van der Waals surface area contributed by atoms with E-state index in [0.717, 1.165) is 61.2 Å². The normalized spacial score (nSPS) is 11.4. The largest absolute Gasteiger partial charge is 0.208 e. The van der Waals surface area contributed by atoms with Gasteiger partial charge < -0.3 is 0 Å². The molecule has 0 bridgehead atoms. The third kappa shape index (κ3) is 6.45. The summed E-state index contributed by atoms with van der Waals surface area (Å²) in [5.41, 5.74) is 19.4. The van der Waals surface area contributed by atoms with Crippen LogP contribution in [0.3, 0.4) is 0 Å². The van der Waals surface area contributed by atoms with Crippen LogP contribution in [-0.2, 0) is 0 Å². The van der Waals surface area contributed by atoms with Gasteiger partial charge >= 0.3 is 0 Å². The number of fused-ring (bicyclic) bond motifs is 3. The van der Waals surface area contributed by atoms with Crippen LogP contribution in [0.4, 0.5) is 0 Å². The smallest absolute Gasteiger partial charge is 0.164 e. The standard InChI is InChI=1S/C58H38N4/c1-36-17-21-39(22-18-36)56-60-57(40-23-19-37(2)20-24-40)62-58(61-56)41-27-25-38(26-28-41)42-9-7-10-43(33-42)44-29-30-45(35-59)54(34-44)49-14-6-3-11-46(49)50-31-32-53-48-13-5-4-12-47(48)51-15-8-16-52(50)55(51)53/h3-34H,1-2H3. The van der Waals surface area contributed by atoms with E-state index >= 15 is 0 Å². The Bertz CT molecular complexity index is 3320. The molecule has 0 saturated carbocycles. The van der Waals surface area contributed by atoms with Crippen molar-refractivity contribution < 1.29 is 0 Å². The quantitative estimate of drug-likeness (QED) is 0.161. The summed E-state index contributed by atoms with van der Waals surface area (Å²) in [6.45, 7) is 4.16. The molecule has 1 aliphatic carbocycles. The molecule has 290 valence electrons. The van der Waals surface area contributed by atoms with Crippen LogP contribution < -0.4 is 0 Å². The second kappa shape index (κ2) is 15.1. The SMILES string of the molecule is Cc1ccc(-c2nc(-c3ccc(C)cc3)nc(-c3ccc(-c4cccc(-c5ccc(C#N)c(-c6ccccc6-c6ccc7c8c(cccc68)-c6ccccc6-7)c5)c4)cc3)n2)cc1. The summed E-state index contributed by atoms with van der Waals surface area (Å²) in [4.78, 5) is 14.8. The molecule has 0 saturated heterocycles. The molecule has 4 nitrogen and oxygen atoms in total.